The molecule has 0 radical (unpaired) electrons. The fourth-order valence-electron chi connectivity index (χ4n) is 4.24. The molecule has 7 nitrogen and oxygen atoms in total. The van der Waals surface area contributed by atoms with E-state index in [2.05, 4.69) is 20.0 Å². The lowest BCUT2D eigenvalue weighted by Crippen LogP contribution is -2.56. The van der Waals surface area contributed by atoms with Gasteiger partial charge >= 0.3 is 0 Å². The van der Waals surface area contributed by atoms with E-state index in [0.717, 1.165) is 11.2 Å². The van der Waals surface area contributed by atoms with E-state index in [1.165, 1.54) is 17.0 Å². The van der Waals surface area contributed by atoms with Gasteiger partial charge in [0.15, 0.2) is 5.82 Å². The zero-order chi connectivity index (χ0) is 20.1. The van der Waals surface area contributed by atoms with Crippen LogP contribution < -0.4 is 4.90 Å². The van der Waals surface area contributed by atoms with Crippen molar-refractivity contribution < 1.29 is 14.0 Å². The Morgan fingerprint density at radius 1 is 1.00 bits per heavy atom. The van der Waals surface area contributed by atoms with E-state index >= 15 is 0 Å². The lowest BCUT2D eigenvalue weighted by molar-refractivity contribution is 0.0339. The van der Waals surface area contributed by atoms with Crippen LogP contribution in [0.3, 0.4) is 0 Å². The molecule has 1 atom stereocenters. The van der Waals surface area contributed by atoms with E-state index in [4.69, 9.17) is 0 Å². The number of halogens is 1. The maximum Gasteiger partial charge on any atom is 0.262 e. The van der Waals surface area contributed by atoms with Crippen molar-refractivity contribution in [2.45, 2.75) is 13.1 Å². The molecular weight excluding hydrogens is 373 g/mol. The van der Waals surface area contributed by atoms with Crippen molar-refractivity contribution in [1.29, 1.82) is 0 Å². The monoisotopic (exact) mass is 393 g/mol. The molecule has 8 heteroatoms. The highest BCUT2D eigenvalue weighted by atomic mass is 19.1. The molecule has 1 fully saturated rings. The molecule has 0 saturated carbocycles. The number of nitrogens with one attached hydrogen (secondary N) is 1. The second kappa shape index (κ2) is 6.66. The van der Waals surface area contributed by atoms with Crippen molar-refractivity contribution in [3.63, 3.8) is 0 Å². The molecule has 2 aliphatic heterocycles. The van der Waals surface area contributed by atoms with Crippen LogP contribution in [0.15, 0.2) is 42.5 Å². The summed E-state index contributed by atoms with van der Waals surface area (Å²) in [4.78, 5) is 31.1. The summed E-state index contributed by atoms with van der Waals surface area (Å²) in [5, 5.41) is 8.12. The summed E-state index contributed by atoms with van der Waals surface area (Å²) < 4.78 is 13.4. The Bertz CT molecular complexity index is 1080. The topological polar surface area (TPSA) is 72.5 Å². The van der Waals surface area contributed by atoms with Crippen LogP contribution in [0.1, 0.15) is 27.6 Å². The van der Waals surface area contributed by atoms with Gasteiger partial charge in [-0.25, -0.2) is 4.39 Å². The second-order valence-electron chi connectivity index (χ2n) is 7.42. The Balaban J connectivity index is 1.31. The Hall–Kier alpha value is -3.26. The zero-order valence-corrected chi connectivity index (χ0v) is 15.9. The van der Waals surface area contributed by atoms with E-state index in [9.17, 15) is 14.0 Å². The number of aromatic amines is 1. The fourth-order valence-corrected chi connectivity index (χ4v) is 4.24. The Morgan fingerprint density at radius 2 is 1.66 bits per heavy atom. The molecule has 2 amide bonds. The third-order valence-electron chi connectivity index (χ3n) is 5.85. The molecule has 0 aliphatic carbocycles. The molecule has 0 spiro atoms. The van der Waals surface area contributed by atoms with Gasteiger partial charge in [0.05, 0.1) is 22.8 Å². The Labute approximate surface area is 166 Å². The highest BCUT2D eigenvalue weighted by Crippen LogP contribution is 2.28. The summed E-state index contributed by atoms with van der Waals surface area (Å²) in [7, 11) is 0. The minimum atomic E-state index is -0.324. The van der Waals surface area contributed by atoms with Gasteiger partial charge in [0, 0.05) is 31.6 Å². The third-order valence-corrected chi connectivity index (χ3v) is 5.85. The minimum Gasteiger partial charge on any atom is -0.352 e. The van der Waals surface area contributed by atoms with Gasteiger partial charge in [-0.05, 0) is 37.3 Å². The first-order valence-electron chi connectivity index (χ1n) is 9.64. The van der Waals surface area contributed by atoms with Crippen LogP contribution in [0.5, 0.6) is 0 Å². The van der Waals surface area contributed by atoms with Crippen molar-refractivity contribution in [3.05, 3.63) is 59.4 Å². The van der Waals surface area contributed by atoms with E-state index in [0.29, 0.717) is 42.8 Å². The summed E-state index contributed by atoms with van der Waals surface area (Å²) in [6.45, 7) is 4.66. The van der Waals surface area contributed by atoms with Crippen LogP contribution in [0.25, 0.3) is 10.9 Å². The predicted molar refractivity (Wildman–Crippen MR) is 106 cm³/mol. The highest BCUT2D eigenvalue weighted by molar-refractivity contribution is 6.21. The molecule has 1 N–H and O–H groups in total. The summed E-state index contributed by atoms with van der Waals surface area (Å²) in [6.07, 6.45) is -0.324. The van der Waals surface area contributed by atoms with Crippen molar-refractivity contribution in [2.75, 3.05) is 31.1 Å². The normalized spacial score (nSPS) is 18.6. The maximum absolute atomic E-state index is 13.4. The molecule has 1 saturated heterocycles. The average Bonchev–Trinajstić information content (AvgIpc) is 3.27. The van der Waals surface area contributed by atoms with Crippen molar-refractivity contribution >= 4 is 28.5 Å². The molecule has 1 aromatic heterocycles. The first kappa shape index (κ1) is 17.8. The Morgan fingerprint density at radius 3 is 2.31 bits per heavy atom. The lowest BCUT2D eigenvalue weighted by atomic mass is 10.1. The average molecular weight is 393 g/mol. The quantitative estimate of drug-likeness (QED) is 0.692. The standard InChI is InChI=1S/C21H20FN5O2/c1-13(27-20(28)15-4-2-3-5-16(15)21(27)29)25-8-10-26(11-9-25)19-17-7-6-14(22)12-18(17)23-24-19/h2-7,12-13H,8-11H2,1H3,(H,23,24). The van der Waals surface area contributed by atoms with Crippen molar-refractivity contribution in [1.82, 2.24) is 20.0 Å². The SMILES string of the molecule is CC(N1CCN(c2n[nH]c3cc(F)ccc23)CC1)N1C(=O)c2ccccc2C1=O. The third kappa shape index (κ3) is 2.79. The van der Waals surface area contributed by atoms with Crippen LogP contribution >= 0.6 is 0 Å². The van der Waals surface area contributed by atoms with Crippen molar-refractivity contribution in [3.8, 4) is 0 Å². The number of rotatable bonds is 3. The second-order valence-corrected chi connectivity index (χ2v) is 7.42. The molecule has 3 heterocycles. The van der Waals surface area contributed by atoms with E-state index < -0.39 is 0 Å². The predicted octanol–water partition coefficient (Wildman–Crippen LogP) is 2.47. The number of benzene rings is 2. The molecule has 2 aromatic carbocycles. The molecule has 0 bridgehead atoms. The number of carbonyl (C=O) groups is 2. The van der Waals surface area contributed by atoms with Crippen LogP contribution in [-0.2, 0) is 0 Å². The first-order valence-corrected chi connectivity index (χ1v) is 9.64. The maximum atomic E-state index is 13.4. The van der Waals surface area contributed by atoms with E-state index in [-0.39, 0.29) is 23.8 Å². The fraction of sp³-hybridized carbons (Fsp3) is 0.286. The van der Waals surface area contributed by atoms with Gasteiger partial charge in [0.25, 0.3) is 11.8 Å². The van der Waals surface area contributed by atoms with Gasteiger partial charge in [-0.1, -0.05) is 12.1 Å². The number of anilines is 1. The van der Waals surface area contributed by atoms with Gasteiger partial charge < -0.3 is 4.90 Å². The van der Waals surface area contributed by atoms with Crippen LogP contribution in [0.2, 0.25) is 0 Å². The molecule has 2 aliphatic rings. The number of aromatic nitrogens is 2. The van der Waals surface area contributed by atoms with Gasteiger partial charge in [-0.15, -0.1) is 0 Å². The lowest BCUT2D eigenvalue weighted by Gasteiger charge is -2.40. The summed E-state index contributed by atoms with van der Waals surface area (Å²) >= 11 is 0. The first-order chi connectivity index (χ1) is 14.0. The van der Waals surface area contributed by atoms with Gasteiger partial charge in [-0.2, -0.15) is 5.10 Å². The number of hydrogen-bond donors (Lipinski definition) is 1. The molecule has 1 unspecified atom stereocenters. The summed E-state index contributed by atoms with van der Waals surface area (Å²) in [5.74, 6) is 0.0297. The number of amides is 2. The number of carbonyl (C=O) groups excluding carboxylic acids is 2. The van der Waals surface area contributed by atoms with Gasteiger partial charge in [0.2, 0.25) is 0 Å². The van der Waals surface area contributed by atoms with Crippen LogP contribution in [0.4, 0.5) is 10.2 Å². The molecule has 148 valence electrons. The number of nitrogens with zero attached hydrogens (tertiary/aromatic N) is 4. The number of fused-ring (bicyclic) bond motifs is 2. The van der Waals surface area contributed by atoms with Crippen molar-refractivity contribution in [2.24, 2.45) is 0 Å². The van der Waals surface area contributed by atoms with Crippen LogP contribution in [-0.4, -0.2) is 64.2 Å². The molecule has 29 heavy (non-hydrogen) atoms. The Kier molecular flexibility index (Phi) is 4.09. The number of piperazine rings is 1. The molecule has 3 aromatic rings. The van der Waals surface area contributed by atoms with Gasteiger partial charge in [-0.3, -0.25) is 24.5 Å². The molecular formula is C21H20FN5O2. The number of H-pyrrole nitrogens is 1. The summed E-state index contributed by atoms with van der Waals surface area (Å²) in [6, 6.07) is 11.6. The highest BCUT2D eigenvalue weighted by Gasteiger charge is 2.40. The zero-order valence-electron chi connectivity index (χ0n) is 15.9. The van der Waals surface area contributed by atoms with Gasteiger partial charge in [0.1, 0.15) is 5.82 Å². The smallest absolute Gasteiger partial charge is 0.262 e. The minimum absolute atomic E-state index is 0.235. The summed E-state index contributed by atoms with van der Waals surface area (Å²) in [5.41, 5.74) is 1.61. The number of hydrogen-bond acceptors (Lipinski definition) is 5. The largest absolute Gasteiger partial charge is 0.352 e. The number of imide groups is 1. The molecule has 5 rings (SSSR count). The van der Waals surface area contributed by atoms with Crippen LogP contribution in [0, 0.1) is 5.82 Å². The van der Waals surface area contributed by atoms with E-state index in [1.54, 1.807) is 30.3 Å². The van der Waals surface area contributed by atoms with E-state index in [1.807, 2.05) is 6.92 Å².